The Balaban J connectivity index is 2.23. The Bertz CT molecular complexity index is 431. The van der Waals surface area contributed by atoms with Crippen LogP contribution in [-0.4, -0.2) is 52.0 Å². The predicted octanol–water partition coefficient (Wildman–Crippen LogP) is 1.81. The lowest BCUT2D eigenvalue weighted by atomic mass is 10.00. The molecule has 1 aliphatic rings. The highest BCUT2D eigenvalue weighted by atomic mass is 16.5. The van der Waals surface area contributed by atoms with Crippen LogP contribution in [0.4, 0.5) is 0 Å². The van der Waals surface area contributed by atoms with Gasteiger partial charge in [0.15, 0.2) is 0 Å². The molecule has 118 valence electrons. The Hall–Kier alpha value is -1.30. The van der Waals surface area contributed by atoms with Gasteiger partial charge in [0.25, 0.3) is 0 Å². The van der Waals surface area contributed by atoms with Gasteiger partial charge < -0.3 is 19.9 Å². The highest BCUT2D eigenvalue weighted by Gasteiger charge is 2.26. The van der Waals surface area contributed by atoms with Crippen molar-refractivity contribution in [2.24, 2.45) is 5.73 Å². The van der Waals surface area contributed by atoms with Crippen molar-refractivity contribution in [3.8, 4) is 11.5 Å². The molecule has 1 aromatic carbocycles. The van der Waals surface area contributed by atoms with Crippen molar-refractivity contribution in [2.45, 2.75) is 25.0 Å². The zero-order chi connectivity index (χ0) is 15.2. The molecule has 0 aliphatic carbocycles. The monoisotopic (exact) mass is 294 g/mol. The molecule has 0 amide bonds. The van der Waals surface area contributed by atoms with E-state index in [1.807, 2.05) is 18.2 Å². The first kappa shape index (κ1) is 16.1. The molecule has 0 saturated carbocycles. The van der Waals surface area contributed by atoms with E-state index in [9.17, 15) is 0 Å². The number of nitrogens with two attached hydrogens (primary N) is 1. The maximum absolute atomic E-state index is 6.04. The Morgan fingerprint density at radius 2 is 1.86 bits per heavy atom. The summed E-state index contributed by atoms with van der Waals surface area (Å²) in [6, 6.07) is 6.12. The summed E-state index contributed by atoms with van der Waals surface area (Å²) in [5.41, 5.74) is 7.17. The van der Waals surface area contributed by atoms with E-state index in [0.717, 1.165) is 43.0 Å². The van der Waals surface area contributed by atoms with Crippen molar-refractivity contribution in [3.05, 3.63) is 23.8 Å². The second-order valence-electron chi connectivity index (χ2n) is 5.39. The van der Waals surface area contributed by atoms with Crippen LogP contribution in [0.1, 0.15) is 24.4 Å². The van der Waals surface area contributed by atoms with Gasteiger partial charge in [0.05, 0.1) is 20.3 Å². The van der Waals surface area contributed by atoms with Crippen molar-refractivity contribution < 1.29 is 14.2 Å². The second-order valence-corrected chi connectivity index (χ2v) is 5.39. The summed E-state index contributed by atoms with van der Waals surface area (Å²) in [6.45, 7) is 2.52. The molecule has 2 atom stereocenters. The Morgan fingerprint density at radius 3 is 2.38 bits per heavy atom. The van der Waals surface area contributed by atoms with Crippen molar-refractivity contribution >= 4 is 0 Å². The van der Waals surface area contributed by atoms with Crippen molar-refractivity contribution in [1.29, 1.82) is 0 Å². The molecule has 1 aliphatic heterocycles. The smallest absolute Gasteiger partial charge is 0.122 e. The maximum atomic E-state index is 6.04. The fourth-order valence-corrected chi connectivity index (χ4v) is 2.96. The molecular weight excluding hydrogens is 268 g/mol. The number of nitrogens with zero attached hydrogens (tertiary/aromatic N) is 1. The van der Waals surface area contributed by atoms with Crippen LogP contribution in [0.15, 0.2) is 18.2 Å². The van der Waals surface area contributed by atoms with E-state index in [1.54, 1.807) is 21.3 Å². The van der Waals surface area contributed by atoms with E-state index in [-0.39, 0.29) is 6.04 Å². The molecular formula is C16H26N2O3. The first-order chi connectivity index (χ1) is 10.2. The molecule has 5 heteroatoms. The fraction of sp³-hybridized carbons (Fsp3) is 0.625. The normalized spacial score (nSPS) is 21.0. The van der Waals surface area contributed by atoms with Gasteiger partial charge in [0.2, 0.25) is 0 Å². The minimum atomic E-state index is 0.159. The van der Waals surface area contributed by atoms with Gasteiger partial charge in [-0.3, -0.25) is 4.90 Å². The minimum absolute atomic E-state index is 0.159. The van der Waals surface area contributed by atoms with E-state index in [2.05, 4.69) is 4.90 Å². The summed E-state index contributed by atoms with van der Waals surface area (Å²) in [5.74, 6) is 1.59. The molecule has 1 heterocycles. The van der Waals surface area contributed by atoms with Gasteiger partial charge in [-0.25, -0.2) is 0 Å². The van der Waals surface area contributed by atoms with Gasteiger partial charge in [-0.2, -0.15) is 0 Å². The Morgan fingerprint density at radius 1 is 1.19 bits per heavy atom. The summed E-state index contributed by atoms with van der Waals surface area (Å²) >= 11 is 0. The lowest BCUT2D eigenvalue weighted by molar-refractivity contribution is 0.0154. The van der Waals surface area contributed by atoms with Crippen molar-refractivity contribution in [3.63, 3.8) is 0 Å². The number of ether oxygens (including phenoxy) is 3. The van der Waals surface area contributed by atoms with Gasteiger partial charge >= 0.3 is 0 Å². The van der Waals surface area contributed by atoms with Crippen LogP contribution in [0.25, 0.3) is 0 Å². The van der Waals surface area contributed by atoms with E-state index in [4.69, 9.17) is 19.9 Å². The number of rotatable bonds is 6. The number of piperidine rings is 1. The molecule has 0 bridgehead atoms. The maximum Gasteiger partial charge on any atom is 0.122 e. The van der Waals surface area contributed by atoms with E-state index in [0.29, 0.717) is 12.6 Å². The lowest BCUT2D eigenvalue weighted by Gasteiger charge is -2.37. The minimum Gasteiger partial charge on any atom is -0.497 e. The highest BCUT2D eigenvalue weighted by Crippen LogP contribution is 2.30. The molecule has 0 aromatic heterocycles. The quantitative estimate of drug-likeness (QED) is 0.867. The molecule has 1 fully saturated rings. The topological polar surface area (TPSA) is 57.0 Å². The first-order valence-electron chi connectivity index (χ1n) is 7.41. The van der Waals surface area contributed by atoms with Crippen LogP contribution in [0.5, 0.6) is 11.5 Å². The molecule has 21 heavy (non-hydrogen) atoms. The molecule has 5 nitrogen and oxygen atoms in total. The fourth-order valence-electron chi connectivity index (χ4n) is 2.96. The third-order valence-electron chi connectivity index (χ3n) is 4.17. The number of benzene rings is 1. The second kappa shape index (κ2) is 7.64. The van der Waals surface area contributed by atoms with Crippen LogP contribution in [-0.2, 0) is 4.74 Å². The zero-order valence-corrected chi connectivity index (χ0v) is 13.2. The molecule has 0 radical (unpaired) electrons. The van der Waals surface area contributed by atoms with Crippen LogP contribution in [0.3, 0.4) is 0 Å². The van der Waals surface area contributed by atoms with E-state index in [1.165, 1.54) is 0 Å². The SMILES string of the molecule is COc1cc(OC)cc(C(CN)N2CCCC(OC)C2)c1. The molecule has 1 saturated heterocycles. The van der Waals surface area contributed by atoms with Crippen LogP contribution in [0, 0.1) is 0 Å². The van der Waals surface area contributed by atoms with Gasteiger partial charge in [-0.05, 0) is 37.1 Å². The third kappa shape index (κ3) is 3.87. The van der Waals surface area contributed by atoms with Crippen LogP contribution >= 0.6 is 0 Å². The number of hydrogen-bond donors (Lipinski definition) is 1. The summed E-state index contributed by atoms with van der Waals surface area (Å²) in [7, 11) is 5.11. The number of hydrogen-bond acceptors (Lipinski definition) is 5. The molecule has 1 aromatic rings. The standard InChI is InChI=1S/C16H26N2O3/c1-19-13-5-4-6-18(11-13)16(10-17)12-7-14(20-2)9-15(8-12)21-3/h7-9,13,16H,4-6,10-11,17H2,1-3H3. The largest absolute Gasteiger partial charge is 0.497 e. The van der Waals surface area contributed by atoms with Gasteiger partial charge in [0.1, 0.15) is 11.5 Å². The lowest BCUT2D eigenvalue weighted by Crippen LogP contribution is -2.43. The van der Waals surface area contributed by atoms with E-state index < -0.39 is 0 Å². The summed E-state index contributed by atoms with van der Waals surface area (Å²) < 4.78 is 16.2. The predicted molar refractivity (Wildman–Crippen MR) is 82.9 cm³/mol. The van der Waals surface area contributed by atoms with Crippen molar-refractivity contribution in [1.82, 2.24) is 4.90 Å². The Kier molecular flexibility index (Phi) is 5.85. The zero-order valence-electron chi connectivity index (χ0n) is 13.2. The van der Waals surface area contributed by atoms with Crippen molar-refractivity contribution in [2.75, 3.05) is 41.0 Å². The highest BCUT2D eigenvalue weighted by molar-refractivity contribution is 5.40. The van der Waals surface area contributed by atoms with Gasteiger partial charge in [-0.1, -0.05) is 0 Å². The first-order valence-corrected chi connectivity index (χ1v) is 7.41. The average Bonchev–Trinajstić information content (AvgIpc) is 2.55. The van der Waals surface area contributed by atoms with E-state index >= 15 is 0 Å². The summed E-state index contributed by atoms with van der Waals surface area (Å²) in [4.78, 5) is 2.39. The van der Waals surface area contributed by atoms with Crippen LogP contribution in [0.2, 0.25) is 0 Å². The van der Waals surface area contributed by atoms with Gasteiger partial charge in [-0.15, -0.1) is 0 Å². The summed E-state index contributed by atoms with van der Waals surface area (Å²) in [6.07, 6.45) is 2.54. The summed E-state index contributed by atoms with van der Waals surface area (Å²) in [5, 5.41) is 0. The number of likely N-dealkylation sites (tertiary alicyclic amines) is 1. The molecule has 2 N–H and O–H groups in total. The average molecular weight is 294 g/mol. The van der Waals surface area contributed by atoms with Gasteiger partial charge in [0, 0.05) is 32.3 Å². The molecule has 2 unspecified atom stereocenters. The molecule has 0 spiro atoms. The van der Waals surface area contributed by atoms with Crippen LogP contribution < -0.4 is 15.2 Å². The Labute approximate surface area is 127 Å². The molecule has 2 rings (SSSR count). The number of methoxy groups -OCH3 is 3. The third-order valence-corrected chi connectivity index (χ3v) is 4.17.